The quantitative estimate of drug-likeness (QED) is 0.493. The third-order valence-electron chi connectivity index (χ3n) is 6.11. The molecule has 3 aromatic heterocycles. The number of rotatable bonds is 4. The topological polar surface area (TPSA) is 62.9 Å². The normalized spacial score (nSPS) is 15.7. The van der Waals surface area contributed by atoms with E-state index in [-0.39, 0.29) is 11.5 Å². The summed E-state index contributed by atoms with van der Waals surface area (Å²) in [6, 6.07) is 13.6. The molecule has 4 heterocycles. The van der Waals surface area contributed by atoms with Crippen molar-refractivity contribution in [3.8, 4) is 0 Å². The molecule has 5 rings (SSSR count). The molecule has 1 saturated heterocycles. The van der Waals surface area contributed by atoms with Gasteiger partial charge in [-0.2, -0.15) is 5.10 Å². The number of aryl methyl sites for hydroxylation is 1. The highest BCUT2D eigenvalue weighted by Gasteiger charge is 2.30. The van der Waals surface area contributed by atoms with Crippen LogP contribution in [0.1, 0.15) is 25.2 Å². The summed E-state index contributed by atoms with van der Waals surface area (Å²) >= 11 is 1.60. The Morgan fingerprint density at radius 2 is 1.84 bits per heavy atom. The van der Waals surface area contributed by atoms with Crippen LogP contribution in [0.5, 0.6) is 0 Å². The summed E-state index contributed by atoms with van der Waals surface area (Å²) < 4.78 is 4.34. The molecule has 1 amide bonds. The van der Waals surface area contributed by atoms with Gasteiger partial charge in [0.1, 0.15) is 17.4 Å². The fourth-order valence-corrected chi connectivity index (χ4v) is 5.30. The number of piperazine rings is 1. The summed E-state index contributed by atoms with van der Waals surface area (Å²) in [4.78, 5) is 30.8. The lowest BCUT2D eigenvalue weighted by Crippen LogP contribution is -2.51. The zero-order chi connectivity index (χ0) is 21.5. The van der Waals surface area contributed by atoms with E-state index in [1.165, 1.54) is 10.4 Å². The largest absolute Gasteiger partial charge is 0.368 e. The van der Waals surface area contributed by atoms with E-state index in [1.807, 2.05) is 58.9 Å². The third-order valence-corrected chi connectivity index (χ3v) is 6.96. The highest BCUT2D eigenvalue weighted by atomic mass is 32.1. The second-order valence-corrected chi connectivity index (χ2v) is 8.85. The summed E-state index contributed by atoms with van der Waals surface area (Å²) in [5.74, 6) is 0.685. The molecule has 1 atom stereocenters. The van der Waals surface area contributed by atoms with Crippen molar-refractivity contribution in [2.75, 3.05) is 31.1 Å². The molecule has 7 nitrogen and oxygen atoms in total. The van der Waals surface area contributed by atoms with Gasteiger partial charge < -0.3 is 9.80 Å². The molecule has 0 aliphatic carbocycles. The van der Waals surface area contributed by atoms with Gasteiger partial charge in [-0.3, -0.25) is 14.0 Å². The zero-order valence-electron chi connectivity index (χ0n) is 17.7. The Kier molecular flexibility index (Phi) is 5.02. The fraction of sp³-hybridized carbons (Fsp3) is 0.348. The molecule has 1 aliphatic heterocycles. The number of carbonyl (C=O) groups is 1. The maximum absolute atomic E-state index is 13.4. The van der Waals surface area contributed by atoms with Crippen LogP contribution >= 0.6 is 11.3 Å². The molecular weight excluding hydrogens is 410 g/mol. The molecule has 0 saturated carbocycles. The van der Waals surface area contributed by atoms with Gasteiger partial charge in [0.15, 0.2) is 0 Å². The van der Waals surface area contributed by atoms with E-state index in [2.05, 4.69) is 22.1 Å². The molecule has 1 aromatic carbocycles. The fourth-order valence-electron chi connectivity index (χ4n) is 4.49. The van der Waals surface area contributed by atoms with Crippen LogP contribution < -0.4 is 10.5 Å². The number of thiophene rings is 1. The van der Waals surface area contributed by atoms with Crippen LogP contribution in [-0.2, 0) is 4.79 Å². The molecule has 160 valence electrons. The van der Waals surface area contributed by atoms with Gasteiger partial charge in [-0.15, -0.1) is 11.3 Å². The van der Waals surface area contributed by atoms with Crippen LogP contribution in [0.3, 0.4) is 0 Å². The predicted octanol–water partition coefficient (Wildman–Crippen LogP) is 3.32. The van der Waals surface area contributed by atoms with Gasteiger partial charge in [0, 0.05) is 31.9 Å². The van der Waals surface area contributed by atoms with Gasteiger partial charge in [0.25, 0.3) is 5.56 Å². The molecule has 1 fully saturated rings. The highest BCUT2D eigenvalue weighted by molar-refractivity contribution is 7.17. The minimum atomic E-state index is -0.590. The van der Waals surface area contributed by atoms with Gasteiger partial charge in [-0.25, -0.2) is 4.68 Å². The van der Waals surface area contributed by atoms with Crippen LogP contribution in [0.2, 0.25) is 0 Å². The van der Waals surface area contributed by atoms with E-state index in [4.69, 9.17) is 0 Å². The molecule has 8 heteroatoms. The lowest BCUT2D eigenvalue weighted by Gasteiger charge is -2.37. The van der Waals surface area contributed by atoms with Gasteiger partial charge in [0.05, 0.1) is 10.2 Å². The van der Waals surface area contributed by atoms with Crippen molar-refractivity contribution in [2.24, 2.45) is 0 Å². The molecule has 31 heavy (non-hydrogen) atoms. The minimum Gasteiger partial charge on any atom is -0.368 e. The van der Waals surface area contributed by atoms with Crippen molar-refractivity contribution in [1.82, 2.24) is 19.1 Å². The molecule has 0 bridgehead atoms. The van der Waals surface area contributed by atoms with Gasteiger partial charge in [-0.05, 0) is 43.0 Å². The number of nitrogens with zero attached hydrogens (tertiary/aromatic N) is 5. The van der Waals surface area contributed by atoms with Gasteiger partial charge >= 0.3 is 0 Å². The Labute approximate surface area is 184 Å². The first-order chi connectivity index (χ1) is 15.1. The predicted molar refractivity (Wildman–Crippen MR) is 124 cm³/mol. The Morgan fingerprint density at radius 3 is 2.55 bits per heavy atom. The van der Waals surface area contributed by atoms with Crippen LogP contribution in [0.25, 0.3) is 15.7 Å². The number of anilines is 1. The monoisotopic (exact) mass is 435 g/mol. The first-order valence-electron chi connectivity index (χ1n) is 10.7. The van der Waals surface area contributed by atoms with Crippen molar-refractivity contribution < 1.29 is 4.79 Å². The average Bonchev–Trinajstić information content (AvgIpc) is 3.40. The second kappa shape index (κ2) is 7.85. The molecule has 1 unspecified atom stereocenters. The van der Waals surface area contributed by atoms with E-state index in [9.17, 15) is 9.59 Å². The number of hydrogen-bond donors (Lipinski definition) is 0. The maximum atomic E-state index is 13.4. The summed E-state index contributed by atoms with van der Waals surface area (Å²) in [6.45, 7) is 6.66. The van der Waals surface area contributed by atoms with Crippen LogP contribution in [0.15, 0.2) is 52.6 Å². The standard InChI is InChI=1S/C23H25N5O2S/c1-3-18(22(29)26-12-10-25(11-13-26)17-7-5-4-6-8-17)28-23(30)20-15-21-19(9-14-31-21)27(20)16(2)24-28/h4-9,14-15,18H,3,10-13H2,1-2H3. The Balaban J connectivity index is 1.42. The Bertz CT molecular complexity index is 1300. The van der Waals surface area contributed by atoms with E-state index < -0.39 is 6.04 Å². The van der Waals surface area contributed by atoms with Crippen LogP contribution in [-0.4, -0.2) is 51.2 Å². The molecular formula is C23H25N5O2S. The number of para-hydroxylation sites is 1. The molecule has 4 aromatic rings. The van der Waals surface area contributed by atoms with Crippen molar-refractivity contribution >= 4 is 38.7 Å². The van der Waals surface area contributed by atoms with Crippen LogP contribution in [0, 0.1) is 6.92 Å². The highest BCUT2D eigenvalue weighted by Crippen LogP contribution is 2.25. The number of aromatic nitrogens is 3. The Hall–Kier alpha value is -3.13. The third kappa shape index (κ3) is 3.31. The Morgan fingerprint density at radius 1 is 1.10 bits per heavy atom. The van der Waals surface area contributed by atoms with Crippen molar-refractivity contribution in [3.05, 3.63) is 64.0 Å². The molecule has 0 N–H and O–H groups in total. The number of fused-ring (bicyclic) bond motifs is 3. The van der Waals surface area contributed by atoms with E-state index in [0.29, 0.717) is 30.9 Å². The maximum Gasteiger partial charge on any atom is 0.291 e. The number of benzene rings is 1. The lowest BCUT2D eigenvalue weighted by molar-refractivity contribution is -0.135. The van der Waals surface area contributed by atoms with Gasteiger partial charge in [-0.1, -0.05) is 25.1 Å². The van der Waals surface area contributed by atoms with E-state index in [1.54, 1.807) is 11.3 Å². The molecule has 1 aliphatic rings. The molecule has 0 radical (unpaired) electrons. The van der Waals surface area contributed by atoms with Crippen molar-refractivity contribution in [1.29, 1.82) is 0 Å². The smallest absolute Gasteiger partial charge is 0.291 e. The summed E-state index contributed by atoms with van der Waals surface area (Å²) in [6.07, 6.45) is 0.523. The SMILES string of the molecule is CCC(C(=O)N1CCN(c2ccccc2)CC1)n1nc(C)n2c(cc3sccc32)c1=O. The summed E-state index contributed by atoms with van der Waals surface area (Å²) in [5, 5.41) is 6.58. The van der Waals surface area contributed by atoms with E-state index >= 15 is 0 Å². The minimum absolute atomic E-state index is 0.0260. The van der Waals surface area contributed by atoms with Crippen molar-refractivity contribution in [3.63, 3.8) is 0 Å². The lowest BCUT2D eigenvalue weighted by atomic mass is 10.1. The van der Waals surface area contributed by atoms with Crippen LogP contribution in [0.4, 0.5) is 5.69 Å². The molecule has 0 spiro atoms. The average molecular weight is 436 g/mol. The first kappa shape index (κ1) is 19.8. The summed E-state index contributed by atoms with van der Waals surface area (Å²) in [7, 11) is 0. The summed E-state index contributed by atoms with van der Waals surface area (Å²) in [5.41, 5.74) is 2.53. The number of carbonyl (C=O) groups excluding carboxylic acids is 1. The number of amides is 1. The van der Waals surface area contributed by atoms with Crippen molar-refractivity contribution in [2.45, 2.75) is 26.3 Å². The zero-order valence-corrected chi connectivity index (χ0v) is 18.5. The first-order valence-corrected chi connectivity index (χ1v) is 11.5. The van der Waals surface area contributed by atoms with E-state index in [0.717, 1.165) is 23.3 Å². The second-order valence-electron chi connectivity index (χ2n) is 7.90. The number of hydrogen-bond acceptors (Lipinski definition) is 5. The van der Waals surface area contributed by atoms with Gasteiger partial charge in [0.2, 0.25) is 5.91 Å².